The fourth-order valence-electron chi connectivity index (χ4n) is 3.26. The second-order valence-electron chi connectivity index (χ2n) is 7.54. The van der Waals surface area contributed by atoms with Crippen molar-refractivity contribution < 1.29 is 14.7 Å². The van der Waals surface area contributed by atoms with Gasteiger partial charge in [0.15, 0.2) is 0 Å². The van der Waals surface area contributed by atoms with Gasteiger partial charge < -0.3 is 10.4 Å². The van der Waals surface area contributed by atoms with Crippen LogP contribution in [0.4, 0.5) is 5.69 Å². The first-order valence-electron chi connectivity index (χ1n) is 8.99. The van der Waals surface area contributed by atoms with E-state index in [-0.39, 0.29) is 11.5 Å². The number of carbonyl (C=O) groups excluding carboxylic acids is 1. The first kappa shape index (κ1) is 18.2. The van der Waals surface area contributed by atoms with Gasteiger partial charge in [0.25, 0.3) is 5.91 Å². The molecular weight excluding hydrogens is 330 g/mol. The third-order valence-corrected chi connectivity index (χ3v) is 4.68. The van der Waals surface area contributed by atoms with Gasteiger partial charge in [-0.25, -0.2) is 4.79 Å². The van der Waals surface area contributed by atoms with Gasteiger partial charge >= 0.3 is 5.97 Å². The number of carboxylic acid groups (broad SMARTS) is 1. The molecule has 0 unspecified atom stereocenters. The molecule has 1 heterocycles. The van der Waals surface area contributed by atoms with Crippen molar-refractivity contribution in [2.24, 2.45) is 5.92 Å². The highest BCUT2D eigenvalue weighted by atomic mass is 16.4. The van der Waals surface area contributed by atoms with Gasteiger partial charge in [0.1, 0.15) is 0 Å². The fourth-order valence-corrected chi connectivity index (χ4v) is 3.26. The number of hydrogen-bond acceptors (Lipinski definition) is 3. The van der Waals surface area contributed by atoms with Crippen LogP contribution in [0, 0.1) is 19.8 Å². The van der Waals surface area contributed by atoms with Gasteiger partial charge in [0.2, 0.25) is 0 Å². The van der Waals surface area contributed by atoms with E-state index in [1.807, 2.05) is 11.6 Å². The highest BCUT2D eigenvalue weighted by molar-refractivity contribution is 6.06. The van der Waals surface area contributed by atoms with Crippen LogP contribution in [0.1, 0.15) is 70.1 Å². The van der Waals surface area contributed by atoms with Crippen LogP contribution in [0.15, 0.2) is 18.3 Å². The van der Waals surface area contributed by atoms with Gasteiger partial charge in [0.05, 0.1) is 23.0 Å². The first-order valence-corrected chi connectivity index (χ1v) is 8.99. The Bertz CT molecular complexity index is 863. The Hall–Kier alpha value is -2.63. The average molecular weight is 355 g/mol. The minimum absolute atomic E-state index is 0.198. The predicted octanol–water partition coefficient (Wildman–Crippen LogP) is 3.98. The van der Waals surface area contributed by atoms with Crippen LogP contribution < -0.4 is 5.32 Å². The van der Waals surface area contributed by atoms with Crippen molar-refractivity contribution in [3.63, 3.8) is 0 Å². The molecule has 1 amide bonds. The number of hydrogen-bond donors (Lipinski definition) is 2. The molecule has 0 radical (unpaired) electrons. The second-order valence-corrected chi connectivity index (χ2v) is 7.54. The van der Waals surface area contributed by atoms with Gasteiger partial charge in [0, 0.05) is 18.2 Å². The minimum Gasteiger partial charge on any atom is -0.478 e. The van der Waals surface area contributed by atoms with Crippen LogP contribution >= 0.6 is 0 Å². The maximum atomic E-state index is 12.9. The van der Waals surface area contributed by atoms with Crippen LogP contribution in [0.5, 0.6) is 0 Å². The standard InChI is InChI=1S/C20H25N3O3/c1-11(2)10-23-18(14-5-6-14)16(9-21-23)19(24)22-17-8-15(20(25)26)12(3)7-13(17)4/h7-9,11,14H,5-6,10H2,1-4H3,(H,22,24)(H,25,26). The summed E-state index contributed by atoms with van der Waals surface area (Å²) in [4.78, 5) is 24.2. The molecule has 1 aliphatic rings. The monoisotopic (exact) mass is 355 g/mol. The van der Waals surface area contributed by atoms with Crippen molar-refractivity contribution in [2.75, 3.05) is 5.32 Å². The van der Waals surface area contributed by atoms with Crippen LogP contribution in [-0.2, 0) is 6.54 Å². The van der Waals surface area contributed by atoms with Crippen LogP contribution in [0.3, 0.4) is 0 Å². The minimum atomic E-state index is -0.999. The summed E-state index contributed by atoms with van der Waals surface area (Å²) in [5.74, 6) is -0.391. The van der Waals surface area contributed by atoms with Gasteiger partial charge in [-0.1, -0.05) is 19.9 Å². The summed E-state index contributed by atoms with van der Waals surface area (Å²) in [6.45, 7) is 8.65. The average Bonchev–Trinajstić information content (AvgIpc) is 3.30. The Labute approximate surface area is 153 Å². The summed E-state index contributed by atoms with van der Waals surface area (Å²) in [5, 5.41) is 16.6. The van der Waals surface area contributed by atoms with Crippen molar-refractivity contribution in [1.82, 2.24) is 9.78 Å². The summed E-state index contributed by atoms with van der Waals surface area (Å²) < 4.78 is 1.95. The third kappa shape index (κ3) is 3.64. The molecule has 1 aromatic heterocycles. The molecule has 3 rings (SSSR count). The number of rotatable bonds is 6. The van der Waals surface area contributed by atoms with Crippen molar-refractivity contribution in [3.8, 4) is 0 Å². The Morgan fingerprint density at radius 3 is 2.50 bits per heavy atom. The molecule has 6 heteroatoms. The number of amides is 1. The highest BCUT2D eigenvalue weighted by Crippen LogP contribution is 2.42. The maximum absolute atomic E-state index is 12.9. The summed E-state index contributed by atoms with van der Waals surface area (Å²) >= 11 is 0. The van der Waals surface area contributed by atoms with E-state index in [9.17, 15) is 14.7 Å². The highest BCUT2D eigenvalue weighted by Gasteiger charge is 2.32. The zero-order valence-electron chi connectivity index (χ0n) is 15.7. The zero-order chi connectivity index (χ0) is 19.0. The number of anilines is 1. The van der Waals surface area contributed by atoms with Crippen molar-refractivity contribution in [2.45, 2.75) is 53.0 Å². The molecule has 26 heavy (non-hydrogen) atoms. The van der Waals surface area contributed by atoms with E-state index in [1.54, 1.807) is 19.2 Å². The molecule has 0 atom stereocenters. The summed E-state index contributed by atoms with van der Waals surface area (Å²) in [6, 6.07) is 3.31. The molecule has 0 spiro atoms. The Morgan fingerprint density at radius 1 is 1.23 bits per heavy atom. The van der Waals surface area contributed by atoms with E-state index in [0.29, 0.717) is 28.7 Å². The molecule has 0 saturated heterocycles. The predicted molar refractivity (Wildman–Crippen MR) is 99.9 cm³/mol. The van der Waals surface area contributed by atoms with Crippen LogP contribution in [0.25, 0.3) is 0 Å². The van der Waals surface area contributed by atoms with Gasteiger partial charge in [-0.2, -0.15) is 5.10 Å². The fraction of sp³-hybridized carbons (Fsp3) is 0.450. The van der Waals surface area contributed by atoms with Crippen LogP contribution in [0.2, 0.25) is 0 Å². The van der Waals surface area contributed by atoms with E-state index < -0.39 is 5.97 Å². The topological polar surface area (TPSA) is 84.2 Å². The normalized spacial score (nSPS) is 13.9. The lowest BCUT2D eigenvalue weighted by atomic mass is 10.0. The number of aryl methyl sites for hydroxylation is 2. The number of nitrogens with zero attached hydrogens (tertiary/aromatic N) is 2. The SMILES string of the molecule is Cc1cc(C)c(C(=O)O)cc1NC(=O)c1cnn(CC(C)C)c1C1CC1. The molecule has 2 aromatic rings. The summed E-state index contributed by atoms with van der Waals surface area (Å²) in [6.07, 6.45) is 3.79. The smallest absolute Gasteiger partial charge is 0.336 e. The molecule has 0 bridgehead atoms. The van der Waals surface area contributed by atoms with Crippen molar-refractivity contribution in [3.05, 3.63) is 46.3 Å². The summed E-state index contributed by atoms with van der Waals surface area (Å²) in [7, 11) is 0. The van der Waals surface area contributed by atoms with Gasteiger partial charge in [-0.15, -0.1) is 0 Å². The summed E-state index contributed by atoms with van der Waals surface area (Å²) in [5.41, 5.74) is 3.82. The number of aromatic carboxylic acids is 1. The maximum Gasteiger partial charge on any atom is 0.336 e. The molecule has 2 N–H and O–H groups in total. The molecule has 0 aliphatic heterocycles. The Morgan fingerprint density at radius 2 is 1.92 bits per heavy atom. The first-order chi connectivity index (χ1) is 12.3. The lowest BCUT2D eigenvalue weighted by Gasteiger charge is -2.13. The quantitative estimate of drug-likeness (QED) is 0.821. The Balaban J connectivity index is 1.91. The Kier molecular flexibility index (Phi) is 4.85. The molecule has 6 nitrogen and oxygen atoms in total. The number of carboxylic acids is 1. The van der Waals surface area contributed by atoms with Crippen molar-refractivity contribution >= 4 is 17.6 Å². The molecular formula is C20H25N3O3. The van der Waals surface area contributed by atoms with E-state index in [4.69, 9.17) is 0 Å². The zero-order valence-corrected chi connectivity index (χ0v) is 15.7. The number of aromatic nitrogens is 2. The molecule has 1 aromatic carbocycles. The molecule has 1 saturated carbocycles. The molecule has 1 aliphatic carbocycles. The third-order valence-electron chi connectivity index (χ3n) is 4.68. The van der Waals surface area contributed by atoms with Gasteiger partial charge in [-0.3, -0.25) is 9.48 Å². The van der Waals surface area contributed by atoms with E-state index >= 15 is 0 Å². The second kappa shape index (κ2) is 6.94. The van der Waals surface area contributed by atoms with E-state index in [0.717, 1.165) is 30.6 Å². The van der Waals surface area contributed by atoms with Crippen LogP contribution in [-0.4, -0.2) is 26.8 Å². The largest absolute Gasteiger partial charge is 0.478 e. The number of carbonyl (C=O) groups is 2. The number of nitrogens with one attached hydrogen (secondary N) is 1. The lowest BCUT2D eigenvalue weighted by Crippen LogP contribution is -2.17. The number of benzene rings is 1. The molecule has 138 valence electrons. The van der Waals surface area contributed by atoms with Crippen molar-refractivity contribution in [1.29, 1.82) is 0 Å². The molecule has 1 fully saturated rings. The van der Waals surface area contributed by atoms with E-state index in [1.165, 1.54) is 6.07 Å². The lowest BCUT2D eigenvalue weighted by molar-refractivity contribution is 0.0695. The van der Waals surface area contributed by atoms with Gasteiger partial charge in [-0.05, 0) is 49.8 Å². The van der Waals surface area contributed by atoms with E-state index in [2.05, 4.69) is 24.3 Å².